The minimum atomic E-state index is -3.18. The lowest BCUT2D eigenvalue weighted by Gasteiger charge is -2.13. The van der Waals surface area contributed by atoms with Crippen LogP contribution < -0.4 is 0 Å². The molecule has 22 heavy (non-hydrogen) atoms. The van der Waals surface area contributed by atoms with Crippen molar-refractivity contribution in [3.05, 3.63) is 24.3 Å². The van der Waals surface area contributed by atoms with Crippen molar-refractivity contribution in [3.63, 3.8) is 0 Å². The average molecular weight is 324 g/mol. The molecule has 8 nitrogen and oxygen atoms in total. The Morgan fingerprint density at radius 3 is 3.05 bits per heavy atom. The summed E-state index contributed by atoms with van der Waals surface area (Å²) in [6.07, 6.45) is 4.85. The molecule has 1 aliphatic heterocycles. The van der Waals surface area contributed by atoms with Gasteiger partial charge in [0.25, 0.3) is 0 Å². The van der Waals surface area contributed by atoms with Crippen molar-refractivity contribution in [2.24, 2.45) is 5.92 Å². The molecule has 3 rings (SSSR count). The molecule has 0 spiro atoms. The van der Waals surface area contributed by atoms with Gasteiger partial charge in [-0.3, -0.25) is 0 Å². The first-order valence-electron chi connectivity index (χ1n) is 6.85. The highest BCUT2D eigenvalue weighted by Crippen LogP contribution is 2.20. The van der Waals surface area contributed by atoms with Crippen LogP contribution in [0.5, 0.6) is 0 Å². The van der Waals surface area contributed by atoms with E-state index in [1.165, 1.54) is 16.9 Å². The minimum absolute atomic E-state index is 0.0160. The van der Waals surface area contributed by atoms with Crippen LogP contribution in [0.4, 0.5) is 0 Å². The number of nitrogens with zero attached hydrogens (tertiary/aromatic N) is 3. The Bertz CT molecular complexity index is 801. The summed E-state index contributed by atoms with van der Waals surface area (Å²) in [6, 6.07) is 1.72. The van der Waals surface area contributed by atoms with Gasteiger partial charge in [-0.1, -0.05) is 0 Å². The van der Waals surface area contributed by atoms with Crippen LogP contribution in [0.1, 0.15) is 16.9 Å². The quantitative estimate of drug-likeness (QED) is 0.816. The molecule has 0 radical (unpaired) electrons. The average Bonchev–Trinajstić information content (AvgIpc) is 3.12. The van der Waals surface area contributed by atoms with Gasteiger partial charge in [-0.2, -0.15) is 0 Å². The SMILES string of the molecule is CS(=O)(=O)N1CCC(COC(=O)c2ncnc3[nH]ccc23)C1. The summed E-state index contributed by atoms with van der Waals surface area (Å²) in [5.74, 6) is -0.507. The number of aromatic nitrogens is 3. The Labute approximate surface area is 127 Å². The zero-order valence-corrected chi connectivity index (χ0v) is 12.8. The van der Waals surface area contributed by atoms with Gasteiger partial charge in [-0.25, -0.2) is 27.5 Å². The second-order valence-electron chi connectivity index (χ2n) is 5.34. The predicted octanol–water partition coefficient (Wildman–Crippen LogP) is 0.396. The number of H-pyrrole nitrogens is 1. The molecular weight excluding hydrogens is 308 g/mol. The largest absolute Gasteiger partial charge is 0.461 e. The van der Waals surface area contributed by atoms with Gasteiger partial charge in [-0.05, 0) is 12.5 Å². The lowest BCUT2D eigenvalue weighted by atomic mass is 10.1. The molecule has 3 heterocycles. The maximum atomic E-state index is 12.1. The molecule has 0 aliphatic carbocycles. The van der Waals surface area contributed by atoms with Crippen molar-refractivity contribution in [3.8, 4) is 0 Å². The van der Waals surface area contributed by atoms with Gasteiger partial charge in [0.2, 0.25) is 10.0 Å². The second-order valence-corrected chi connectivity index (χ2v) is 7.32. The summed E-state index contributed by atoms with van der Waals surface area (Å²) in [6.45, 7) is 1.03. The highest BCUT2D eigenvalue weighted by atomic mass is 32.2. The van der Waals surface area contributed by atoms with E-state index < -0.39 is 16.0 Å². The highest BCUT2D eigenvalue weighted by molar-refractivity contribution is 7.88. The highest BCUT2D eigenvalue weighted by Gasteiger charge is 2.29. The monoisotopic (exact) mass is 324 g/mol. The van der Waals surface area contributed by atoms with Gasteiger partial charge >= 0.3 is 5.97 Å². The molecule has 118 valence electrons. The molecule has 1 saturated heterocycles. The van der Waals surface area contributed by atoms with Crippen LogP contribution in [0.3, 0.4) is 0 Å². The summed E-state index contributed by atoms with van der Waals surface area (Å²) in [7, 11) is -3.18. The van der Waals surface area contributed by atoms with Crippen molar-refractivity contribution in [2.45, 2.75) is 6.42 Å². The maximum Gasteiger partial charge on any atom is 0.357 e. The summed E-state index contributed by atoms with van der Waals surface area (Å²) in [5, 5.41) is 0.608. The van der Waals surface area contributed by atoms with E-state index in [4.69, 9.17) is 4.74 Å². The standard InChI is InChI=1S/C13H16N4O4S/c1-22(19,20)17-5-3-9(6-17)7-21-13(18)11-10-2-4-14-12(10)16-8-15-11/h2,4,8-9H,3,5-7H2,1H3,(H,14,15,16). The molecule has 1 aliphatic rings. The van der Waals surface area contributed by atoms with Crippen LogP contribution in [0.15, 0.2) is 18.6 Å². The number of carbonyl (C=O) groups excluding carboxylic acids is 1. The fourth-order valence-corrected chi connectivity index (χ4v) is 3.45. The van der Waals surface area contributed by atoms with Gasteiger partial charge in [0.1, 0.15) is 12.0 Å². The van der Waals surface area contributed by atoms with Crippen molar-refractivity contribution in [1.82, 2.24) is 19.3 Å². The Hall–Kier alpha value is -2.00. The van der Waals surface area contributed by atoms with E-state index in [-0.39, 0.29) is 18.2 Å². The molecule has 0 aromatic carbocycles. The summed E-state index contributed by atoms with van der Waals surface area (Å²) < 4.78 is 29.6. The zero-order valence-electron chi connectivity index (χ0n) is 12.0. The Balaban J connectivity index is 1.63. The molecule has 9 heteroatoms. The minimum Gasteiger partial charge on any atom is -0.461 e. The van der Waals surface area contributed by atoms with Gasteiger partial charge in [-0.15, -0.1) is 0 Å². The number of nitrogens with one attached hydrogen (secondary N) is 1. The molecule has 0 bridgehead atoms. The number of hydrogen-bond donors (Lipinski definition) is 1. The number of esters is 1. The fraction of sp³-hybridized carbons (Fsp3) is 0.462. The third kappa shape index (κ3) is 2.95. The number of carbonyl (C=O) groups is 1. The summed E-state index contributed by atoms with van der Waals surface area (Å²) in [5.41, 5.74) is 0.787. The van der Waals surface area contributed by atoms with E-state index in [9.17, 15) is 13.2 Å². The number of ether oxygens (including phenoxy) is 1. The van der Waals surface area contributed by atoms with E-state index in [2.05, 4.69) is 15.0 Å². The number of fused-ring (bicyclic) bond motifs is 1. The third-order valence-corrected chi connectivity index (χ3v) is 4.98. The van der Waals surface area contributed by atoms with Gasteiger partial charge < -0.3 is 9.72 Å². The number of rotatable bonds is 4. The fourth-order valence-electron chi connectivity index (χ4n) is 2.53. The van der Waals surface area contributed by atoms with Gasteiger partial charge in [0, 0.05) is 25.2 Å². The molecule has 2 aromatic heterocycles. The van der Waals surface area contributed by atoms with Crippen LogP contribution in [0.25, 0.3) is 11.0 Å². The first kappa shape index (κ1) is 14.9. The van der Waals surface area contributed by atoms with E-state index in [0.29, 0.717) is 30.5 Å². The van der Waals surface area contributed by atoms with Gasteiger partial charge in [0.05, 0.1) is 18.2 Å². The molecule has 1 atom stereocenters. The second kappa shape index (κ2) is 5.65. The third-order valence-electron chi connectivity index (χ3n) is 3.72. The van der Waals surface area contributed by atoms with Crippen molar-refractivity contribution >= 4 is 27.0 Å². The molecule has 1 fully saturated rings. The first-order chi connectivity index (χ1) is 10.4. The molecule has 1 unspecified atom stereocenters. The van der Waals surface area contributed by atoms with E-state index in [0.717, 1.165) is 0 Å². The lowest BCUT2D eigenvalue weighted by Crippen LogP contribution is -2.28. The molecule has 1 N–H and O–H groups in total. The normalized spacial score (nSPS) is 19.6. The van der Waals surface area contributed by atoms with Crippen LogP contribution in [-0.2, 0) is 14.8 Å². The van der Waals surface area contributed by atoms with E-state index in [1.807, 2.05) is 0 Å². The lowest BCUT2D eigenvalue weighted by molar-refractivity contribution is 0.0443. The Morgan fingerprint density at radius 2 is 2.32 bits per heavy atom. The molecule has 0 saturated carbocycles. The maximum absolute atomic E-state index is 12.1. The van der Waals surface area contributed by atoms with E-state index >= 15 is 0 Å². The van der Waals surface area contributed by atoms with Gasteiger partial charge in [0.15, 0.2) is 5.69 Å². The number of aromatic amines is 1. The summed E-state index contributed by atoms with van der Waals surface area (Å²) in [4.78, 5) is 23.0. The molecule has 2 aromatic rings. The van der Waals surface area contributed by atoms with Crippen LogP contribution in [0, 0.1) is 5.92 Å². The Morgan fingerprint density at radius 1 is 1.50 bits per heavy atom. The smallest absolute Gasteiger partial charge is 0.357 e. The van der Waals surface area contributed by atoms with Crippen LogP contribution >= 0.6 is 0 Å². The summed E-state index contributed by atoms with van der Waals surface area (Å²) >= 11 is 0. The van der Waals surface area contributed by atoms with Crippen molar-refractivity contribution < 1.29 is 17.9 Å². The topological polar surface area (TPSA) is 105 Å². The number of hydrogen-bond acceptors (Lipinski definition) is 6. The Kier molecular flexibility index (Phi) is 3.83. The predicted molar refractivity (Wildman–Crippen MR) is 78.7 cm³/mol. The van der Waals surface area contributed by atoms with Crippen LogP contribution in [0.2, 0.25) is 0 Å². The zero-order chi connectivity index (χ0) is 15.7. The first-order valence-corrected chi connectivity index (χ1v) is 8.70. The number of sulfonamides is 1. The van der Waals surface area contributed by atoms with Crippen molar-refractivity contribution in [2.75, 3.05) is 26.0 Å². The molecular formula is C13H16N4O4S. The van der Waals surface area contributed by atoms with E-state index in [1.54, 1.807) is 12.3 Å². The van der Waals surface area contributed by atoms with Crippen LogP contribution in [-0.4, -0.2) is 59.6 Å². The van der Waals surface area contributed by atoms with Crippen molar-refractivity contribution in [1.29, 1.82) is 0 Å². The molecule has 0 amide bonds.